The predicted molar refractivity (Wildman–Crippen MR) is 75.1 cm³/mol. The van der Waals surface area contributed by atoms with Gasteiger partial charge in [-0.1, -0.05) is 24.3 Å². The average Bonchev–Trinajstić information content (AvgIpc) is 2.29. The Balaban J connectivity index is 2.64. The van der Waals surface area contributed by atoms with E-state index in [0.717, 1.165) is 11.1 Å². The molecule has 0 bridgehead atoms. The summed E-state index contributed by atoms with van der Waals surface area (Å²) < 4.78 is 26.4. The maximum absolute atomic E-state index is 11.9. The van der Waals surface area contributed by atoms with Gasteiger partial charge in [0.05, 0.1) is 5.75 Å². The Labute approximate surface area is 110 Å². The highest BCUT2D eigenvalue weighted by atomic mass is 32.2. The van der Waals surface area contributed by atoms with Crippen LogP contribution in [0.1, 0.15) is 30.5 Å². The maximum Gasteiger partial charge on any atom is 0.212 e. The summed E-state index contributed by atoms with van der Waals surface area (Å²) in [4.78, 5) is 0. The molecular formula is C13H22N2O2S. The van der Waals surface area contributed by atoms with E-state index in [2.05, 4.69) is 10.0 Å². The van der Waals surface area contributed by atoms with E-state index in [1.165, 1.54) is 0 Å². The first-order valence-electron chi connectivity index (χ1n) is 6.16. The highest BCUT2D eigenvalue weighted by Gasteiger charge is 2.16. The summed E-state index contributed by atoms with van der Waals surface area (Å²) in [6.45, 7) is 4.57. The largest absolute Gasteiger partial charge is 0.320 e. The van der Waals surface area contributed by atoms with Gasteiger partial charge in [0.1, 0.15) is 0 Å². The van der Waals surface area contributed by atoms with Gasteiger partial charge in [-0.15, -0.1) is 0 Å². The minimum Gasteiger partial charge on any atom is -0.320 e. The summed E-state index contributed by atoms with van der Waals surface area (Å²) in [6, 6.07) is 7.63. The fourth-order valence-corrected chi connectivity index (χ4v) is 3.21. The molecule has 0 aliphatic carbocycles. The Morgan fingerprint density at radius 3 is 2.56 bits per heavy atom. The van der Waals surface area contributed by atoms with Crippen LogP contribution < -0.4 is 10.0 Å². The van der Waals surface area contributed by atoms with Crippen LogP contribution in [0.4, 0.5) is 0 Å². The SMILES string of the molecule is CNCCCS(=O)(=O)NC(C)c1ccccc1C. The lowest BCUT2D eigenvalue weighted by molar-refractivity contribution is 0.562. The number of benzene rings is 1. The highest BCUT2D eigenvalue weighted by molar-refractivity contribution is 7.89. The molecule has 1 atom stereocenters. The van der Waals surface area contributed by atoms with Gasteiger partial charge in [-0.25, -0.2) is 13.1 Å². The highest BCUT2D eigenvalue weighted by Crippen LogP contribution is 2.17. The minimum absolute atomic E-state index is 0.157. The van der Waals surface area contributed by atoms with Crippen LogP contribution in [0.2, 0.25) is 0 Å². The second-order valence-electron chi connectivity index (χ2n) is 4.47. The van der Waals surface area contributed by atoms with Gasteiger partial charge in [0.25, 0.3) is 0 Å². The van der Waals surface area contributed by atoms with Gasteiger partial charge in [-0.2, -0.15) is 0 Å². The van der Waals surface area contributed by atoms with Crippen LogP contribution in [-0.4, -0.2) is 27.8 Å². The van der Waals surface area contributed by atoms with E-state index in [4.69, 9.17) is 0 Å². The van der Waals surface area contributed by atoms with Crippen LogP contribution in [0.3, 0.4) is 0 Å². The van der Waals surface area contributed by atoms with E-state index in [0.29, 0.717) is 13.0 Å². The molecule has 0 aliphatic heterocycles. The van der Waals surface area contributed by atoms with Crippen molar-refractivity contribution < 1.29 is 8.42 Å². The molecule has 0 amide bonds. The number of nitrogens with one attached hydrogen (secondary N) is 2. The van der Waals surface area contributed by atoms with E-state index in [1.54, 1.807) is 0 Å². The summed E-state index contributed by atoms with van der Waals surface area (Å²) in [5.74, 6) is 0.157. The third-order valence-corrected chi connectivity index (χ3v) is 4.39. The molecule has 18 heavy (non-hydrogen) atoms. The molecule has 0 heterocycles. The van der Waals surface area contributed by atoms with Crippen LogP contribution in [0.5, 0.6) is 0 Å². The molecule has 4 nitrogen and oxygen atoms in total. The van der Waals surface area contributed by atoms with E-state index in [1.807, 2.05) is 45.2 Å². The van der Waals surface area contributed by atoms with E-state index < -0.39 is 10.0 Å². The molecule has 5 heteroatoms. The Hall–Kier alpha value is -0.910. The van der Waals surface area contributed by atoms with Gasteiger partial charge in [-0.3, -0.25) is 0 Å². The second-order valence-corrected chi connectivity index (χ2v) is 6.35. The smallest absolute Gasteiger partial charge is 0.212 e. The number of hydrogen-bond donors (Lipinski definition) is 2. The fraction of sp³-hybridized carbons (Fsp3) is 0.538. The zero-order chi connectivity index (χ0) is 13.6. The third kappa shape index (κ3) is 4.76. The van der Waals surface area contributed by atoms with Crippen molar-refractivity contribution >= 4 is 10.0 Å². The van der Waals surface area contributed by atoms with Crippen molar-refractivity contribution in [3.05, 3.63) is 35.4 Å². The van der Waals surface area contributed by atoms with Gasteiger partial charge in [0.2, 0.25) is 10.0 Å². The lowest BCUT2D eigenvalue weighted by Gasteiger charge is -2.16. The molecule has 1 unspecified atom stereocenters. The Morgan fingerprint density at radius 2 is 1.94 bits per heavy atom. The van der Waals surface area contributed by atoms with Gasteiger partial charge in [-0.05, 0) is 45.0 Å². The Bertz CT molecular complexity index is 472. The molecular weight excluding hydrogens is 248 g/mol. The topological polar surface area (TPSA) is 58.2 Å². The molecule has 0 saturated heterocycles. The lowest BCUT2D eigenvalue weighted by atomic mass is 10.0. The Morgan fingerprint density at radius 1 is 1.28 bits per heavy atom. The number of sulfonamides is 1. The number of aryl methyl sites for hydroxylation is 1. The molecule has 0 aromatic heterocycles. The van der Waals surface area contributed by atoms with Crippen molar-refractivity contribution in [3.8, 4) is 0 Å². The standard InChI is InChI=1S/C13H22N2O2S/c1-11-7-4-5-8-13(11)12(2)15-18(16,17)10-6-9-14-3/h4-5,7-8,12,14-15H,6,9-10H2,1-3H3. The normalized spacial score (nSPS) is 13.5. The zero-order valence-electron chi connectivity index (χ0n) is 11.2. The maximum atomic E-state index is 11.9. The molecule has 0 radical (unpaired) electrons. The molecule has 1 aromatic carbocycles. The van der Waals surface area contributed by atoms with Gasteiger partial charge >= 0.3 is 0 Å². The summed E-state index contributed by atoms with van der Waals surface area (Å²) in [6.07, 6.45) is 0.617. The summed E-state index contributed by atoms with van der Waals surface area (Å²) in [7, 11) is -1.39. The molecule has 1 rings (SSSR count). The number of hydrogen-bond acceptors (Lipinski definition) is 3. The van der Waals surface area contributed by atoms with Crippen molar-refractivity contribution in [2.75, 3.05) is 19.3 Å². The number of rotatable bonds is 7. The average molecular weight is 270 g/mol. The second kappa shape index (κ2) is 6.87. The molecule has 0 fully saturated rings. The van der Waals surface area contributed by atoms with Gasteiger partial charge in [0.15, 0.2) is 0 Å². The fourth-order valence-electron chi connectivity index (χ4n) is 1.90. The van der Waals surface area contributed by atoms with Crippen LogP contribution in [0, 0.1) is 6.92 Å². The quantitative estimate of drug-likeness (QED) is 0.740. The van der Waals surface area contributed by atoms with E-state index in [9.17, 15) is 8.42 Å². The summed E-state index contributed by atoms with van der Waals surface area (Å²) in [5, 5.41) is 2.94. The molecule has 1 aromatic rings. The van der Waals surface area contributed by atoms with Crippen molar-refractivity contribution in [3.63, 3.8) is 0 Å². The predicted octanol–water partition coefficient (Wildman–Crippen LogP) is 1.58. The van der Waals surface area contributed by atoms with E-state index in [-0.39, 0.29) is 11.8 Å². The van der Waals surface area contributed by atoms with Crippen LogP contribution in [-0.2, 0) is 10.0 Å². The van der Waals surface area contributed by atoms with Crippen molar-refractivity contribution in [1.29, 1.82) is 0 Å². The van der Waals surface area contributed by atoms with Gasteiger partial charge in [0, 0.05) is 6.04 Å². The summed E-state index contributed by atoms with van der Waals surface area (Å²) in [5.41, 5.74) is 2.12. The minimum atomic E-state index is -3.21. The molecule has 0 saturated carbocycles. The first-order chi connectivity index (χ1) is 8.46. The zero-order valence-corrected chi connectivity index (χ0v) is 12.0. The molecule has 0 spiro atoms. The molecule has 2 N–H and O–H groups in total. The van der Waals surface area contributed by atoms with Crippen molar-refractivity contribution in [2.45, 2.75) is 26.3 Å². The Kier molecular flexibility index (Phi) is 5.78. The van der Waals surface area contributed by atoms with Gasteiger partial charge < -0.3 is 5.32 Å². The lowest BCUT2D eigenvalue weighted by Crippen LogP contribution is -2.30. The van der Waals surface area contributed by atoms with E-state index >= 15 is 0 Å². The van der Waals surface area contributed by atoms with Crippen molar-refractivity contribution in [2.24, 2.45) is 0 Å². The first kappa shape index (κ1) is 15.1. The van der Waals surface area contributed by atoms with Crippen molar-refractivity contribution in [1.82, 2.24) is 10.0 Å². The monoisotopic (exact) mass is 270 g/mol. The molecule has 102 valence electrons. The first-order valence-corrected chi connectivity index (χ1v) is 7.81. The third-order valence-electron chi connectivity index (χ3n) is 2.85. The van der Waals surface area contributed by atoms with Crippen LogP contribution in [0.25, 0.3) is 0 Å². The van der Waals surface area contributed by atoms with Crippen LogP contribution >= 0.6 is 0 Å². The molecule has 0 aliphatic rings. The summed E-state index contributed by atoms with van der Waals surface area (Å²) >= 11 is 0. The van der Waals surface area contributed by atoms with Crippen LogP contribution in [0.15, 0.2) is 24.3 Å².